The lowest BCUT2D eigenvalue weighted by Crippen LogP contribution is -1.92. The van der Waals surface area contributed by atoms with E-state index in [2.05, 4.69) is 16.8 Å². The van der Waals surface area contributed by atoms with Gasteiger partial charge in [-0.3, -0.25) is 15.1 Å². The van der Waals surface area contributed by atoms with Gasteiger partial charge in [-0.2, -0.15) is 0 Å². The van der Waals surface area contributed by atoms with Crippen molar-refractivity contribution in [3.8, 4) is 11.8 Å². The van der Waals surface area contributed by atoms with Gasteiger partial charge in [0.15, 0.2) is 0 Å². The number of rotatable bonds is 1. The highest BCUT2D eigenvalue weighted by Crippen LogP contribution is 2.14. The minimum absolute atomic E-state index is 0.0721. The van der Waals surface area contributed by atoms with Crippen molar-refractivity contribution >= 4 is 5.69 Å². The summed E-state index contributed by atoms with van der Waals surface area (Å²) >= 11 is 0. The van der Waals surface area contributed by atoms with E-state index in [1.54, 1.807) is 6.07 Å². The molecule has 0 spiro atoms. The van der Waals surface area contributed by atoms with Crippen molar-refractivity contribution in [1.82, 2.24) is 4.98 Å². The second-order valence-electron chi connectivity index (χ2n) is 3.77. The smallest absolute Gasteiger partial charge is 0.258 e. The number of hydrogen-bond acceptors (Lipinski definition) is 3. The first-order valence-electron chi connectivity index (χ1n) is 5.34. The zero-order chi connectivity index (χ0) is 13.0. The summed E-state index contributed by atoms with van der Waals surface area (Å²) < 4.78 is 0. The van der Waals surface area contributed by atoms with Crippen LogP contribution in [0.15, 0.2) is 42.7 Å². The van der Waals surface area contributed by atoms with Crippen LogP contribution in [0.3, 0.4) is 0 Å². The first-order valence-corrected chi connectivity index (χ1v) is 5.34. The highest BCUT2D eigenvalue weighted by Gasteiger charge is 2.10. The maximum Gasteiger partial charge on any atom is 0.303 e. The maximum atomic E-state index is 10.8. The van der Waals surface area contributed by atoms with Gasteiger partial charge in [0, 0.05) is 11.8 Å². The van der Waals surface area contributed by atoms with E-state index in [-0.39, 0.29) is 5.69 Å². The third kappa shape index (κ3) is 2.71. The average Bonchev–Trinajstić information content (AvgIpc) is 2.38. The van der Waals surface area contributed by atoms with Crippen LogP contribution in [0.4, 0.5) is 5.69 Å². The summed E-state index contributed by atoms with van der Waals surface area (Å²) in [4.78, 5) is 14.0. The molecule has 0 atom stereocenters. The lowest BCUT2D eigenvalue weighted by Gasteiger charge is -1.94. The van der Waals surface area contributed by atoms with Crippen LogP contribution in [-0.2, 0) is 0 Å². The van der Waals surface area contributed by atoms with E-state index >= 15 is 0 Å². The fraction of sp³-hybridized carbons (Fsp3) is 0.0714. The molecule has 1 heterocycles. The van der Waals surface area contributed by atoms with E-state index in [1.807, 2.05) is 31.2 Å². The van der Waals surface area contributed by atoms with Gasteiger partial charge in [-0.1, -0.05) is 29.5 Å². The Morgan fingerprint density at radius 3 is 2.56 bits per heavy atom. The number of nitro groups is 1. The van der Waals surface area contributed by atoms with Crippen LogP contribution in [0.1, 0.15) is 16.7 Å². The molecule has 88 valence electrons. The summed E-state index contributed by atoms with van der Waals surface area (Å²) in [6.45, 7) is 1.99. The minimum Gasteiger partial charge on any atom is -0.258 e. The molecule has 0 saturated carbocycles. The second kappa shape index (κ2) is 5.11. The third-order valence-electron chi connectivity index (χ3n) is 2.39. The average molecular weight is 238 g/mol. The van der Waals surface area contributed by atoms with E-state index < -0.39 is 4.92 Å². The predicted octanol–water partition coefficient (Wildman–Crippen LogP) is 2.70. The van der Waals surface area contributed by atoms with Gasteiger partial charge in [0.2, 0.25) is 0 Å². The van der Waals surface area contributed by atoms with E-state index in [4.69, 9.17) is 0 Å². The summed E-state index contributed by atoms with van der Waals surface area (Å²) in [5.41, 5.74) is 2.27. The van der Waals surface area contributed by atoms with Crippen molar-refractivity contribution < 1.29 is 4.92 Å². The predicted molar refractivity (Wildman–Crippen MR) is 68.1 cm³/mol. The molecule has 2 rings (SSSR count). The van der Waals surface area contributed by atoms with Crippen LogP contribution in [-0.4, -0.2) is 9.91 Å². The molecule has 0 aliphatic carbocycles. The molecule has 1 aromatic carbocycles. The van der Waals surface area contributed by atoms with Gasteiger partial charge in [-0.15, -0.1) is 0 Å². The summed E-state index contributed by atoms with van der Waals surface area (Å²) in [5.74, 6) is 5.70. The third-order valence-corrected chi connectivity index (χ3v) is 2.39. The SMILES string of the molecule is Cc1ccc(C#Cc2ccncc2[N+](=O)[O-])cc1. The largest absolute Gasteiger partial charge is 0.303 e. The molecule has 0 aliphatic rings. The minimum atomic E-state index is -0.480. The van der Waals surface area contributed by atoms with Crippen LogP contribution in [0.2, 0.25) is 0 Å². The molecule has 4 heteroatoms. The molecule has 1 aromatic heterocycles. The lowest BCUT2D eigenvalue weighted by atomic mass is 10.1. The maximum absolute atomic E-state index is 10.8. The topological polar surface area (TPSA) is 56.0 Å². The Morgan fingerprint density at radius 2 is 1.89 bits per heavy atom. The molecular formula is C14H10N2O2. The number of aryl methyl sites for hydroxylation is 1. The van der Waals surface area contributed by atoms with Gasteiger partial charge in [0.1, 0.15) is 11.8 Å². The van der Waals surface area contributed by atoms with Crippen molar-refractivity contribution in [3.05, 3.63) is 69.5 Å². The number of hydrogen-bond donors (Lipinski definition) is 0. The Bertz CT molecular complexity index is 637. The normalized spacial score (nSPS) is 9.39. The van der Waals surface area contributed by atoms with Gasteiger partial charge in [-0.25, -0.2) is 0 Å². The summed E-state index contributed by atoms with van der Waals surface area (Å²) in [6.07, 6.45) is 2.70. The molecular weight excluding hydrogens is 228 g/mol. The fourth-order valence-electron chi connectivity index (χ4n) is 1.41. The van der Waals surface area contributed by atoms with Crippen LogP contribution in [0, 0.1) is 28.9 Å². The quantitative estimate of drug-likeness (QED) is 0.436. The highest BCUT2D eigenvalue weighted by atomic mass is 16.6. The fourth-order valence-corrected chi connectivity index (χ4v) is 1.41. The molecule has 0 saturated heterocycles. The van der Waals surface area contributed by atoms with Gasteiger partial charge < -0.3 is 0 Å². The van der Waals surface area contributed by atoms with Crippen LogP contribution in [0.25, 0.3) is 0 Å². The first kappa shape index (κ1) is 11.8. The number of aromatic nitrogens is 1. The van der Waals surface area contributed by atoms with Crippen molar-refractivity contribution in [3.63, 3.8) is 0 Å². The Labute approximate surface area is 104 Å². The van der Waals surface area contributed by atoms with E-state index in [1.165, 1.54) is 12.4 Å². The monoisotopic (exact) mass is 238 g/mol. The zero-order valence-corrected chi connectivity index (χ0v) is 9.75. The molecule has 18 heavy (non-hydrogen) atoms. The van der Waals surface area contributed by atoms with Crippen molar-refractivity contribution in [2.75, 3.05) is 0 Å². The van der Waals surface area contributed by atoms with Crippen LogP contribution >= 0.6 is 0 Å². The van der Waals surface area contributed by atoms with E-state index in [0.717, 1.165) is 11.1 Å². The molecule has 0 bridgehead atoms. The van der Waals surface area contributed by atoms with Gasteiger partial charge >= 0.3 is 5.69 Å². The summed E-state index contributed by atoms with van der Waals surface area (Å²) in [7, 11) is 0. The van der Waals surface area contributed by atoms with Gasteiger partial charge in [0.25, 0.3) is 0 Å². The Morgan fingerprint density at radius 1 is 1.17 bits per heavy atom. The second-order valence-corrected chi connectivity index (χ2v) is 3.77. The number of pyridine rings is 1. The van der Waals surface area contributed by atoms with E-state index in [9.17, 15) is 10.1 Å². The standard InChI is InChI=1S/C14H10N2O2/c1-11-2-4-12(5-3-11)6-7-13-8-9-15-10-14(13)16(17)18/h2-5,8-10H,1H3. The Kier molecular flexibility index (Phi) is 3.35. The van der Waals surface area contributed by atoms with Crippen LogP contribution in [0.5, 0.6) is 0 Å². The van der Waals surface area contributed by atoms with Crippen molar-refractivity contribution in [2.45, 2.75) is 6.92 Å². The molecule has 4 nitrogen and oxygen atoms in total. The lowest BCUT2D eigenvalue weighted by molar-refractivity contribution is -0.385. The van der Waals surface area contributed by atoms with Gasteiger partial charge in [-0.05, 0) is 25.1 Å². The molecule has 0 fully saturated rings. The molecule has 0 unspecified atom stereocenters. The Hall–Kier alpha value is -2.67. The first-order chi connectivity index (χ1) is 8.66. The van der Waals surface area contributed by atoms with Crippen LogP contribution < -0.4 is 0 Å². The molecule has 2 aromatic rings. The summed E-state index contributed by atoms with van der Waals surface area (Å²) in [6, 6.07) is 9.21. The highest BCUT2D eigenvalue weighted by molar-refractivity contribution is 5.51. The van der Waals surface area contributed by atoms with Crippen molar-refractivity contribution in [2.24, 2.45) is 0 Å². The van der Waals surface area contributed by atoms with E-state index in [0.29, 0.717) is 5.56 Å². The molecule has 0 N–H and O–H groups in total. The summed E-state index contributed by atoms with van der Waals surface area (Å²) in [5, 5.41) is 10.8. The zero-order valence-electron chi connectivity index (χ0n) is 9.75. The van der Waals surface area contributed by atoms with Gasteiger partial charge in [0.05, 0.1) is 4.92 Å². The van der Waals surface area contributed by atoms with Crippen molar-refractivity contribution in [1.29, 1.82) is 0 Å². The Balaban J connectivity index is 2.35. The molecule has 0 radical (unpaired) electrons. The molecule has 0 amide bonds. The number of benzene rings is 1. The number of nitrogens with zero attached hydrogens (tertiary/aromatic N) is 2. The molecule has 0 aliphatic heterocycles.